The van der Waals surface area contributed by atoms with Crippen LogP contribution in [-0.4, -0.2) is 29.2 Å². The summed E-state index contributed by atoms with van der Waals surface area (Å²) in [5, 5.41) is 4.14. The van der Waals surface area contributed by atoms with E-state index in [0.717, 1.165) is 47.1 Å². The SMILES string of the molecule is Cc1ccc2c(c1)-c1nccn1Cc1c(-c3nc(C4CC4)no3)ncn1-2. The van der Waals surface area contributed by atoms with Gasteiger partial charge in [-0.2, -0.15) is 4.98 Å². The number of hydrogen-bond donors (Lipinski definition) is 0. The molecule has 4 aromatic rings. The summed E-state index contributed by atoms with van der Waals surface area (Å²) in [4.78, 5) is 13.8. The van der Waals surface area contributed by atoms with Crippen LogP contribution in [0.5, 0.6) is 0 Å². The number of imidazole rings is 2. The van der Waals surface area contributed by atoms with Crippen molar-refractivity contribution in [3.8, 4) is 28.7 Å². The zero-order valence-corrected chi connectivity index (χ0v) is 14.3. The van der Waals surface area contributed by atoms with Crippen LogP contribution in [-0.2, 0) is 6.54 Å². The molecule has 0 bridgehead atoms. The number of fused-ring (bicyclic) bond motifs is 5. The molecule has 7 heteroatoms. The molecule has 2 aliphatic rings. The fourth-order valence-electron chi connectivity index (χ4n) is 3.63. The molecule has 4 heterocycles. The van der Waals surface area contributed by atoms with Crippen molar-refractivity contribution in [1.29, 1.82) is 0 Å². The lowest BCUT2D eigenvalue weighted by Crippen LogP contribution is -2.03. The van der Waals surface area contributed by atoms with Gasteiger partial charge in [0, 0.05) is 23.9 Å². The number of benzene rings is 1. The number of aryl methyl sites for hydroxylation is 1. The molecule has 1 aromatic carbocycles. The predicted molar refractivity (Wildman–Crippen MR) is 93.9 cm³/mol. The van der Waals surface area contributed by atoms with E-state index in [4.69, 9.17) is 4.52 Å². The molecule has 128 valence electrons. The summed E-state index contributed by atoms with van der Waals surface area (Å²) in [6.07, 6.45) is 7.96. The minimum absolute atomic E-state index is 0.456. The van der Waals surface area contributed by atoms with Gasteiger partial charge in [-0.05, 0) is 31.9 Å². The van der Waals surface area contributed by atoms with Crippen LogP contribution in [0, 0.1) is 6.92 Å². The average molecular weight is 344 g/mol. The van der Waals surface area contributed by atoms with Crippen LogP contribution >= 0.6 is 0 Å². The number of hydrogen-bond acceptors (Lipinski definition) is 5. The fourth-order valence-corrected chi connectivity index (χ4v) is 3.63. The van der Waals surface area contributed by atoms with Crippen LogP contribution in [0.25, 0.3) is 28.7 Å². The Labute approximate surface area is 149 Å². The molecule has 0 amide bonds. The quantitative estimate of drug-likeness (QED) is 0.491. The Bertz CT molecular complexity index is 1150. The van der Waals surface area contributed by atoms with E-state index < -0.39 is 0 Å². The third-order valence-electron chi connectivity index (χ3n) is 5.14. The van der Waals surface area contributed by atoms with Gasteiger partial charge in [-0.1, -0.05) is 16.8 Å². The van der Waals surface area contributed by atoms with E-state index in [0.29, 0.717) is 18.4 Å². The molecule has 26 heavy (non-hydrogen) atoms. The lowest BCUT2D eigenvalue weighted by atomic mass is 10.1. The van der Waals surface area contributed by atoms with E-state index in [1.54, 1.807) is 0 Å². The van der Waals surface area contributed by atoms with Crippen molar-refractivity contribution in [2.75, 3.05) is 0 Å². The predicted octanol–water partition coefficient (Wildman–Crippen LogP) is 3.33. The third-order valence-corrected chi connectivity index (χ3v) is 5.14. The molecule has 0 spiro atoms. The van der Waals surface area contributed by atoms with Crippen LogP contribution in [0.4, 0.5) is 0 Å². The smallest absolute Gasteiger partial charge is 0.278 e. The molecule has 3 aromatic heterocycles. The Morgan fingerprint density at radius 3 is 3.00 bits per heavy atom. The monoisotopic (exact) mass is 344 g/mol. The maximum Gasteiger partial charge on any atom is 0.278 e. The first-order chi connectivity index (χ1) is 12.8. The van der Waals surface area contributed by atoms with Gasteiger partial charge in [0.25, 0.3) is 5.89 Å². The second-order valence-corrected chi connectivity index (χ2v) is 7.04. The van der Waals surface area contributed by atoms with Crippen LogP contribution < -0.4 is 0 Å². The summed E-state index contributed by atoms with van der Waals surface area (Å²) < 4.78 is 9.78. The van der Waals surface area contributed by atoms with Gasteiger partial charge in [-0.25, -0.2) is 9.97 Å². The van der Waals surface area contributed by atoms with Gasteiger partial charge in [-0.15, -0.1) is 0 Å². The van der Waals surface area contributed by atoms with Gasteiger partial charge in [0.2, 0.25) is 0 Å². The Hall–Kier alpha value is -3.22. The summed E-state index contributed by atoms with van der Waals surface area (Å²) in [6, 6.07) is 6.40. The largest absolute Gasteiger partial charge is 0.332 e. The fraction of sp³-hybridized carbons (Fsp3) is 0.263. The van der Waals surface area contributed by atoms with Crippen molar-refractivity contribution in [2.24, 2.45) is 0 Å². The first-order valence-corrected chi connectivity index (χ1v) is 8.80. The van der Waals surface area contributed by atoms with Crippen molar-refractivity contribution in [3.63, 3.8) is 0 Å². The van der Waals surface area contributed by atoms with Crippen LogP contribution in [0.2, 0.25) is 0 Å². The van der Waals surface area contributed by atoms with Gasteiger partial charge in [0.15, 0.2) is 11.5 Å². The van der Waals surface area contributed by atoms with Crippen molar-refractivity contribution in [1.82, 2.24) is 29.2 Å². The van der Waals surface area contributed by atoms with Gasteiger partial charge in [-0.3, -0.25) is 4.57 Å². The van der Waals surface area contributed by atoms with Crippen molar-refractivity contribution in [3.05, 3.63) is 54.0 Å². The first-order valence-electron chi connectivity index (χ1n) is 8.80. The zero-order valence-electron chi connectivity index (χ0n) is 14.3. The molecule has 0 N–H and O–H groups in total. The maximum atomic E-state index is 5.53. The normalized spacial score (nSPS) is 15.3. The van der Waals surface area contributed by atoms with E-state index in [9.17, 15) is 0 Å². The number of rotatable bonds is 2. The summed E-state index contributed by atoms with van der Waals surface area (Å²) in [5.74, 6) is 2.72. The van der Waals surface area contributed by atoms with Crippen LogP contribution in [0.3, 0.4) is 0 Å². The number of nitrogens with zero attached hydrogens (tertiary/aromatic N) is 6. The second-order valence-electron chi connectivity index (χ2n) is 7.04. The van der Waals surface area contributed by atoms with Crippen molar-refractivity contribution in [2.45, 2.75) is 32.2 Å². The topological polar surface area (TPSA) is 74.6 Å². The summed E-state index contributed by atoms with van der Waals surface area (Å²) in [6.45, 7) is 2.75. The highest BCUT2D eigenvalue weighted by Crippen LogP contribution is 2.39. The zero-order chi connectivity index (χ0) is 17.3. The van der Waals surface area contributed by atoms with Gasteiger partial charge in [0.05, 0.1) is 17.9 Å². The lowest BCUT2D eigenvalue weighted by molar-refractivity contribution is 0.421. The molecule has 1 fully saturated rings. The molecule has 0 atom stereocenters. The van der Waals surface area contributed by atoms with Gasteiger partial charge < -0.3 is 9.09 Å². The second kappa shape index (κ2) is 4.91. The van der Waals surface area contributed by atoms with E-state index in [1.165, 1.54) is 5.56 Å². The molecule has 7 nitrogen and oxygen atoms in total. The molecule has 1 aliphatic carbocycles. The summed E-state index contributed by atoms with van der Waals surface area (Å²) in [5.41, 5.74) is 5.14. The highest BCUT2D eigenvalue weighted by molar-refractivity contribution is 5.71. The van der Waals surface area contributed by atoms with E-state index >= 15 is 0 Å². The van der Waals surface area contributed by atoms with E-state index in [2.05, 4.69) is 54.4 Å². The third kappa shape index (κ3) is 1.94. The Morgan fingerprint density at radius 2 is 2.12 bits per heavy atom. The Morgan fingerprint density at radius 1 is 1.19 bits per heavy atom. The summed E-state index contributed by atoms with van der Waals surface area (Å²) >= 11 is 0. The minimum Gasteiger partial charge on any atom is -0.332 e. The van der Waals surface area contributed by atoms with Gasteiger partial charge in [0.1, 0.15) is 12.2 Å². The molecule has 0 unspecified atom stereocenters. The molecule has 0 radical (unpaired) electrons. The van der Waals surface area contributed by atoms with E-state index in [-0.39, 0.29) is 0 Å². The Kier molecular flexibility index (Phi) is 2.64. The standard InChI is InChI=1S/C19H16N6O/c1-11-2-5-14-13(8-11)18-20-6-7-24(18)9-15-16(21-10-25(14)15)19-22-17(23-26-19)12-3-4-12/h2,5-8,10,12H,3-4,9H2,1H3. The summed E-state index contributed by atoms with van der Waals surface area (Å²) in [7, 11) is 0. The molecule has 1 aliphatic heterocycles. The van der Waals surface area contributed by atoms with Gasteiger partial charge >= 0.3 is 0 Å². The number of aromatic nitrogens is 6. The molecular formula is C19H16N6O. The molecule has 6 rings (SSSR count). The highest BCUT2D eigenvalue weighted by atomic mass is 16.5. The molecular weight excluding hydrogens is 328 g/mol. The lowest BCUT2D eigenvalue weighted by Gasteiger charge is -2.09. The van der Waals surface area contributed by atoms with Crippen LogP contribution in [0.15, 0.2) is 41.4 Å². The minimum atomic E-state index is 0.456. The average Bonchev–Trinajstić information content (AvgIpc) is 3.06. The van der Waals surface area contributed by atoms with Crippen molar-refractivity contribution < 1.29 is 4.52 Å². The first kappa shape index (κ1) is 14.0. The van der Waals surface area contributed by atoms with Crippen LogP contribution in [0.1, 0.15) is 35.8 Å². The Balaban J connectivity index is 1.57. The maximum absolute atomic E-state index is 5.53. The molecule has 0 saturated heterocycles. The van der Waals surface area contributed by atoms with E-state index in [1.807, 2.05) is 18.7 Å². The van der Waals surface area contributed by atoms with Crippen molar-refractivity contribution >= 4 is 0 Å². The molecule has 1 saturated carbocycles. The highest BCUT2D eigenvalue weighted by Gasteiger charge is 2.31.